The Labute approximate surface area is 113 Å². The minimum Gasteiger partial charge on any atom is -0.395 e. The summed E-state index contributed by atoms with van der Waals surface area (Å²) in [6.07, 6.45) is 3.88. The van der Waals surface area contributed by atoms with Gasteiger partial charge in [-0.05, 0) is 51.5 Å². The third-order valence-corrected chi connectivity index (χ3v) is 4.47. The van der Waals surface area contributed by atoms with Gasteiger partial charge < -0.3 is 10.4 Å². The van der Waals surface area contributed by atoms with Crippen LogP contribution in [-0.2, 0) is 0 Å². The van der Waals surface area contributed by atoms with Gasteiger partial charge in [0.1, 0.15) is 0 Å². The first-order valence-electron chi connectivity index (χ1n) is 7.42. The molecule has 0 aliphatic heterocycles. The molecule has 0 heterocycles. The van der Waals surface area contributed by atoms with Gasteiger partial charge in [-0.25, -0.2) is 0 Å². The zero-order valence-corrected chi connectivity index (χ0v) is 12.9. The largest absolute Gasteiger partial charge is 0.395 e. The third kappa shape index (κ3) is 4.52. The predicted octanol–water partition coefficient (Wildman–Crippen LogP) is 2.10. The molecule has 1 aliphatic rings. The molecule has 0 amide bonds. The molecule has 0 spiro atoms. The fourth-order valence-corrected chi connectivity index (χ4v) is 3.30. The maximum atomic E-state index is 9.18. The van der Waals surface area contributed by atoms with Crippen molar-refractivity contribution in [3.05, 3.63) is 0 Å². The Bertz CT molecular complexity index is 241. The summed E-state index contributed by atoms with van der Waals surface area (Å²) in [5.74, 6) is 0.702. The van der Waals surface area contributed by atoms with Gasteiger partial charge in [-0.3, -0.25) is 4.90 Å². The standard InChI is InChI=1S/C15H32N2O/c1-12(2)17(8-9-18)11-13-10-15(3,4)7-6-14(13)16-5/h12-14,16,18H,6-11H2,1-5H3. The van der Waals surface area contributed by atoms with Crippen molar-refractivity contribution < 1.29 is 5.11 Å². The van der Waals surface area contributed by atoms with Crippen molar-refractivity contribution >= 4 is 0 Å². The van der Waals surface area contributed by atoms with Gasteiger partial charge in [-0.2, -0.15) is 0 Å². The first kappa shape index (κ1) is 15.9. The van der Waals surface area contributed by atoms with Crippen molar-refractivity contribution in [3.8, 4) is 0 Å². The normalized spacial score (nSPS) is 28.0. The van der Waals surface area contributed by atoms with Crippen molar-refractivity contribution in [2.24, 2.45) is 11.3 Å². The van der Waals surface area contributed by atoms with Crippen LogP contribution in [0.3, 0.4) is 0 Å². The van der Waals surface area contributed by atoms with Gasteiger partial charge in [-0.15, -0.1) is 0 Å². The van der Waals surface area contributed by atoms with Crippen molar-refractivity contribution in [2.75, 3.05) is 26.7 Å². The molecule has 0 bridgehead atoms. The lowest BCUT2D eigenvalue weighted by atomic mass is 9.69. The van der Waals surface area contributed by atoms with Gasteiger partial charge in [0.15, 0.2) is 0 Å². The Kier molecular flexibility index (Phi) is 6.09. The molecule has 0 aromatic rings. The SMILES string of the molecule is CNC1CCC(C)(C)CC1CN(CCO)C(C)C. The van der Waals surface area contributed by atoms with Crippen LogP contribution in [0.25, 0.3) is 0 Å². The highest BCUT2D eigenvalue weighted by Crippen LogP contribution is 2.39. The molecule has 1 saturated carbocycles. The second-order valence-electron chi connectivity index (χ2n) is 6.87. The topological polar surface area (TPSA) is 35.5 Å². The molecular weight excluding hydrogens is 224 g/mol. The number of aliphatic hydroxyl groups excluding tert-OH is 1. The summed E-state index contributed by atoms with van der Waals surface area (Å²) in [5.41, 5.74) is 0.472. The second kappa shape index (κ2) is 6.88. The van der Waals surface area contributed by atoms with Crippen LogP contribution in [0.15, 0.2) is 0 Å². The summed E-state index contributed by atoms with van der Waals surface area (Å²) in [6, 6.07) is 1.15. The highest BCUT2D eigenvalue weighted by Gasteiger charge is 2.35. The van der Waals surface area contributed by atoms with E-state index in [-0.39, 0.29) is 6.61 Å². The van der Waals surface area contributed by atoms with E-state index in [2.05, 4.69) is 45.0 Å². The zero-order chi connectivity index (χ0) is 13.8. The molecule has 108 valence electrons. The number of nitrogens with zero attached hydrogens (tertiary/aromatic N) is 1. The Hall–Kier alpha value is -0.120. The molecule has 1 fully saturated rings. The molecule has 2 N–H and O–H groups in total. The summed E-state index contributed by atoms with van der Waals surface area (Å²) in [4.78, 5) is 2.41. The summed E-state index contributed by atoms with van der Waals surface area (Å²) >= 11 is 0. The minimum absolute atomic E-state index is 0.262. The minimum atomic E-state index is 0.262. The molecule has 0 aromatic heterocycles. The fourth-order valence-electron chi connectivity index (χ4n) is 3.30. The first-order chi connectivity index (χ1) is 8.39. The molecule has 3 nitrogen and oxygen atoms in total. The van der Waals surface area contributed by atoms with Gasteiger partial charge in [0, 0.05) is 25.2 Å². The van der Waals surface area contributed by atoms with Crippen LogP contribution in [0, 0.1) is 11.3 Å². The Morgan fingerprint density at radius 1 is 1.39 bits per heavy atom. The van der Waals surface area contributed by atoms with Gasteiger partial charge >= 0.3 is 0 Å². The predicted molar refractivity (Wildman–Crippen MR) is 77.8 cm³/mol. The highest BCUT2D eigenvalue weighted by molar-refractivity contribution is 4.90. The van der Waals surface area contributed by atoms with Crippen LogP contribution in [0.1, 0.15) is 47.0 Å². The average molecular weight is 256 g/mol. The number of hydrogen-bond acceptors (Lipinski definition) is 3. The van der Waals surface area contributed by atoms with Crippen LogP contribution in [0.2, 0.25) is 0 Å². The van der Waals surface area contributed by atoms with Crippen LogP contribution in [0.4, 0.5) is 0 Å². The molecular formula is C15H32N2O. The van der Waals surface area contributed by atoms with Crippen LogP contribution < -0.4 is 5.32 Å². The van der Waals surface area contributed by atoms with Gasteiger partial charge in [0.05, 0.1) is 6.61 Å². The van der Waals surface area contributed by atoms with Crippen LogP contribution in [0.5, 0.6) is 0 Å². The molecule has 3 heteroatoms. The van der Waals surface area contributed by atoms with Gasteiger partial charge in [-0.1, -0.05) is 13.8 Å². The molecule has 1 rings (SSSR count). The monoisotopic (exact) mass is 256 g/mol. The first-order valence-corrected chi connectivity index (χ1v) is 7.42. The van der Waals surface area contributed by atoms with E-state index >= 15 is 0 Å². The number of rotatable bonds is 6. The summed E-state index contributed by atoms with van der Waals surface area (Å²) in [6.45, 7) is 11.4. The van der Waals surface area contributed by atoms with E-state index in [0.717, 1.165) is 13.1 Å². The lowest BCUT2D eigenvalue weighted by molar-refractivity contribution is 0.0798. The number of nitrogens with one attached hydrogen (secondary N) is 1. The summed E-state index contributed by atoms with van der Waals surface area (Å²) in [7, 11) is 2.09. The number of hydrogen-bond donors (Lipinski definition) is 2. The zero-order valence-electron chi connectivity index (χ0n) is 12.9. The lowest BCUT2D eigenvalue weighted by Gasteiger charge is -2.43. The Morgan fingerprint density at radius 3 is 2.56 bits per heavy atom. The molecule has 1 aliphatic carbocycles. The van der Waals surface area contributed by atoms with E-state index < -0.39 is 0 Å². The van der Waals surface area contributed by atoms with E-state index in [1.54, 1.807) is 0 Å². The van der Waals surface area contributed by atoms with E-state index in [0.29, 0.717) is 23.4 Å². The van der Waals surface area contributed by atoms with Crippen molar-refractivity contribution in [1.82, 2.24) is 10.2 Å². The molecule has 2 atom stereocenters. The maximum absolute atomic E-state index is 9.18. The molecule has 0 saturated heterocycles. The van der Waals surface area contributed by atoms with Crippen molar-refractivity contribution in [2.45, 2.75) is 59.0 Å². The van der Waals surface area contributed by atoms with E-state index in [1.165, 1.54) is 19.3 Å². The van der Waals surface area contributed by atoms with E-state index in [4.69, 9.17) is 0 Å². The molecule has 18 heavy (non-hydrogen) atoms. The van der Waals surface area contributed by atoms with E-state index in [9.17, 15) is 5.11 Å². The van der Waals surface area contributed by atoms with Crippen LogP contribution in [-0.4, -0.2) is 48.8 Å². The maximum Gasteiger partial charge on any atom is 0.0558 e. The summed E-state index contributed by atoms with van der Waals surface area (Å²) in [5, 5.41) is 12.7. The smallest absolute Gasteiger partial charge is 0.0558 e. The molecule has 0 radical (unpaired) electrons. The molecule has 0 aromatic carbocycles. The summed E-state index contributed by atoms with van der Waals surface area (Å²) < 4.78 is 0. The van der Waals surface area contributed by atoms with Crippen molar-refractivity contribution in [3.63, 3.8) is 0 Å². The van der Waals surface area contributed by atoms with E-state index in [1.807, 2.05) is 0 Å². The molecule has 2 unspecified atom stereocenters. The van der Waals surface area contributed by atoms with Crippen molar-refractivity contribution in [1.29, 1.82) is 0 Å². The Morgan fingerprint density at radius 2 is 2.06 bits per heavy atom. The Balaban J connectivity index is 2.64. The fraction of sp³-hybridized carbons (Fsp3) is 1.00. The van der Waals surface area contributed by atoms with Crippen LogP contribution >= 0.6 is 0 Å². The second-order valence-corrected chi connectivity index (χ2v) is 6.87. The quantitative estimate of drug-likeness (QED) is 0.764. The average Bonchev–Trinajstić information content (AvgIpc) is 2.27. The lowest BCUT2D eigenvalue weighted by Crippen LogP contribution is -2.48. The third-order valence-electron chi connectivity index (χ3n) is 4.47. The highest BCUT2D eigenvalue weighted by atomic mass is 16.3. The van der Waals surface area contributed by atoms with Gasteiger partial charge in [0.2, 0.25) is 0 Å². The van der Waals surface area contributed by atoms with Gasteiger partial charge in [0.25, 0.3) is 0 Å². The number of aliphatic hydroxyl groups is 1.